The fourth-order valence-corrected chi connectivity index (χ4v) is 4.54. The molecule has 1 amide bonds. The second-order valence-corrected chi connectivity index (χ2v) is 7.15. The minimum Gasteiger partial charge on any atom is -0.481 e. The van der Waals surface area contributed by atoms with Crippen molar-refractivity contribution < 1.29 is 14.7 Å². The molecular weight excluding hydrogens is 290 g/mol. The molecule has 0 aromatic heterocycles. The number of fused-ring (bicyclic) bond motifs is 3. The number of nitrogens with two attached hydrogens (primary N) is 1. The Morgan fingerprint density at radius 2 is 1.83 bits per heavy atom. The number of carbonyl (C=O) groups is 2. The molecule has 3 saturated carbocycles. The number of carboxylic acid groups (broad SMARTS) is 1. The predicted molar refractivity (Wildman–Crippen MR) is 87.6 cm³/mol. The van der Waals surface area contributed by atoms with Crippen LogP contribution in [0.4, 0.5) is 0 Å². The van der Waals surface area contributed by atoms with Crippen molar-refractivity contribution in [2.45, 2.75) is 38.5 Å². The van der Waals surface area contributed by atoms with E-state index in [1.54, 1.807) is 0 Å². The van der Waals surface area contributed by atoms with Gasteiger partial charge in [0.05, 0.1) is 5.41 Å². The van der Waals surface area contributed by atoms with E-state index in [1.807, 2.05) is 24.3 Å². The van der Waals surface area contributed by atoms with Crippen LogP contribution in [0.25, 0.3) is 0 Å². The largest absolute Gasteiger partial charge is 0.481 e. The normalized spacial score (nSPS) is 33.0. The Morgan fingerprint density at radius 3 is 2.39 bits per heavy atom. The smallest absolute Gasteiger partial charge is 0.309 e. The summed E-state index contributed by atoms with van der Waals surface area (Å²) in [6.45, 7) is 0. The van der Waals surface area contributed by atoms with Crippen molar-refractivity contribution in [1.29, 1.82) is 0 Å². The molecule has 4 heteroatoms. The van der Waals surface area contributed by atoms with Gasteiger partial charge in [0.1, 0.15) is 0 Å². The van der Waals surface area contributed by atoms with Crippen LogP contribution in [0.5, 0.6) is 0 Å². The van der Waals surface area contributed by atoms with Crippen LogP contribution in [0.15, 0.2) is 42.5 Å². The molecule has 0 heterocycles. The highest BCUT2D eigenvalue weighted by Crippen LogP contribution is 2.61. The number of aliphatic carboxylic acids is 1. The summed E-state index contributed by atoms with van der Waals surface area (Å²) in [5.41, 5.74) is 5.75. The lowest BCUT2D eigenvalue weighted by molar-refractivity contribution is -0.165. The molecule has 0 aliphatic heterocycles. The van der Waals surface area contributed by atoms with Crippen molar-refractivity contribution in [3.8, 4) is 0 Å². The average Bonchev–Trinajstić information content (AvgIpc) is 2.55. The zero-order chi connectivity index (χ0) is 16.5. The summed E-state index contributed by atoms with van der Waals surface area (Å²) in [5.74, 6) is -0.993. The summed E-state index contributed by atoms with van der Waals surface area (Å²) in [7, 11) is 0. The number of hydrogen-bond donors (Lipinski definition) is 2. The molecule has 0 saturated heterocycles. The van der Waals surface area contributed by atoms with E-state index in [-0.39, 0.29) is 11.3 Å². The molecule has 3 aliphatic carbocycles. The van der Waals surface area contributed by atoms with Crippen LogP contribution in [0, 0.1) is 16.7 Å². The molecule has 3 N–H and O–H groups in total. The lowest BCUT2D eigenvalue weighted by Crippen LogP contribution is -2.52. The summed E-state index contributed by atoms with van der Waals surface area (Å²) in [4.78, 5) is 23.1. The Bertz CT molecular complexity index is 627. The summed E-state index contributed by atoms with van der Waals surface area (Å²) >= 11 is 0. The van der Waals surface area contributed by atoms with E-state index in [1.165, 1.54) is 11.6 Å². The van der Waals surface area contributed by atoms with Crippen molar-refractivity contribution in [2.24, 2.45) is 22.5 Å². The molecular formula is C19H23NO3. The number of hydrogen-bond acceptors (Lipinski definition) is 2. The third-order valence-corrected chi connectivity index (χ3v) is 5.92. The molecule has 3 fully saturated rings. The van der Waals surface area contributed by atoms with E-state index >= 15 is 0 Å². The van der Waals surface area contributed by atoms with Gasteiger partial charge in [-0.1, -0.05) is 36.4 Å². The first-order valence-corrected chi connectivity index (χ1v) is 8.22. The maximum Gasteiger partial charge on any atom is 0.309 e. The first-order chi connectivity index (χ1) is 11.0. The number of carboxylic acids is 1. The summed E-state index contributed by atoms with van der Waals surface area (Å²) in [5, 5.41) is 9.87. The molecule has 1 aromatic carbocycles. The third-order valence-electron chi connectivity index (χ3n) is 5.92. The SMILES string of the molecule is NC(=O)C=CC12CCC(C(=O)O)(CC1)C(Cc1ccccc1)C2. The topological polar surface area (TPSA) is 80.4 Å². The van der Waals surface area contributed by atoms with E-state index in [0.717, 1.165) is 25.7 Å². The number of allylic oxidation sites excluding steroid dienone is 1. The fraction of sp³-hybridized carbons (Fsp3) is 0.474. The van der Waals surface area contributed by atoms with Crippen LogP contribution in [0.3, 0.4) is 0 Å². The van der Waals surface area contributed by atoms with Gasteiger partial charge in [0, 0.05) is 0 Å². The van der Waals surface area contributed by atoms with Gasteiger partial charge in [-0.15, -0.1) is 0 Å². The van der Waals surface area contributed by atoms with Crippen molar-refractivity contribution in [3.05, 3.63) is 48.0 Å². The highest BCUT2D eigenvalue weighted by Gasteiger charge is 2.57. The zero-order valence-corrected chi connectivity index (χ0v) is 13.2. The van der Waals surface area contributed by atoms with E-state index < -0.39 is 17.3 Å². The predicted octanol–water partition coefficient (Wildman–Crippen LogP) is 2.92. The summed E-state index contributed by atoms with van der Waals surface area (Å²) < 4.78 is 0. The minimum atomic E-state index is -0.661. The Hall–Kier alpha value is -2.10. The van der Waals surface area contributed by atoms with E-state index in [2.05, 4.69) is 12.1 Å². The van der Waals surface area contributed by atoms with Gasteiger partial charge in [-0.05, 0) is 61.5 Å². The Morgan fingerprint density at radius 1 is 1.17 bits per heavy atom. The third kappa shape index (κ3) is 2.90. The maximum atomic E-state index is 12.0. The summed E-state index contributed by atoms with van der Waals surface area (Å²) in [6, 6.07) is 10.1. The number of carbonyl (C=O) groups excluding carboxylic acids is 1. The van der Waals surface area contributed by atoms with Gasteiger partial charge in [0.15, 0.2) is 0 Å². The second kappa shape index (κ2) is 5.84. The van der Waals surface area contributed by atoms with Gasteiger partial charge in [0.2, 0.25) is 5.91 Å². The van der Waals surface area contributed by atoms with Gasteiger partial charge >= 0.3 is 5.97 Å². The van der Waals surface area contributed by atoms with Gasteiger partial charge in [-0.25, -0.2) is 0 Å². The van der Waals surface area contributed by atoms with Crippen molar-refractivity contribution in [1.82, 2.24) is 0 Å². The molecule has 122 valence electrons. The molecule has 4 nitrogen and oxygen atoms in total. The fourth-order valence-electron chi connectivity index (χ4n) is 4.54. The van der Waals surface area contributed by atoms with Crippen LogP contribution in [0.2, 0.25) is 0 Å². The minimum absolute atomic E-state index is 0.0638. The molecule has 2 bridgehead atoms. The number of rotatable bonds is 5. The lowest BCUT2D eigenvalue weighted by Gasteiger charge is -2.55. The van der Waals surface area contributed by atoms with Crippen LogP contribution < -0.4 is 5.73 Å². The Balaban J connectivity index is 1.88. The molecule has 0 spiro atoms. The molecule has 1 unspecified atom stereocenters. The zero-order valence-electron chi connectivity index (χ0n) is 13.2. The molecule has 4 rings (SSSR count). The van der Waals surface area contributed by atoms with Gasteiger partial charge in [-0.3, -0.25) is 9.59 Å². The second-order valence-electron chi connectivity index (χ2n) is 7.15. The van der Waals surface area contributed by atoms with E-state index in [4.69, 9.17) is 5.73 Å². The molecule has 3 aliphatic rings. The highest BCUT2D eigenvalue weighted by atomic mass is 16.4. The van der Waals surface area contributed by atoms with Crippen LogP contribution in [-0.4, -0.2) is 17.0 Å². The molecule has 23 heavy (non-hydrogen) atoms. The highest BCUT2D eigenvalue weighted by molar-refractivity contribution is 5.85. The standard InChI is InChI=1S/C19H23NO3/c20-16(21)6-7-18-8-10-19(11-9-18,17(22)23)15(13-18)12-14-4-2-1-3-5-14/h1-7,15H,8-13H2,(H2,20,21)(H,22,23). The average molecular weight is 313 g/mol. The molecule has 0 radical (unpaired) electrons. The summed E-state index contributed by atoms with van der Waals surface area (Å²) in [6.07, 6.45) is 8.02. The van der Waals surface area contributed by atoms with Crippen molar-refractivity contribution >= 4 is 11.9 Å². The number of benzene rings is 1. The Labute approximate surface area is 136 Å². The van der Waals surface area contributed by atoms with Gasteiger partial charge < -0.3 is 10.8 Å². The first-order valence-electron chi connectivity index (χ1n) is 8.22. The van der Waals surface area contributed by atoms with Gasteiger partial charge in [0.25, 0.3) is 0 Å². The molecule has 1 atom stereocenters. The first kappa shape index (κ1) is 15.8. The number of primary amides is 1. The lowest BCUT2D eigenvalue weighted by atomic mass is 9.48. The van der Waals surface area contributed by atoms with Crippen LogP contribution >= 0.6 is 0 Å². The van der Waals surface area contributed by atoms with Crippen LogP contribution in [0.1, 0.15) is 37.7 Å². The van der Waals surface area contributed by atoms with Gasteiger partial charge in [-0.2, -0.15) is 0 Å². The quantitative estimate of drug-likeness (QED) is 0.820. The maximum absolute atomic E-state index is 12.0. The van der Waals surface area contributed by atoms with Crippen molar-refractivity contribution in [2.75, 3.05) is 0 Å². The van der Waals surface area contributed by atoms with E-state index in [0.29, 0.717) is 12.8 Å². The van der Waals surface area contributed by atoms with Crippen LogP contribution in [-0.2, 0) is 16.0 Å². The van der Waals surface area contributed by atoms with E-state index in [9.17, 15) is 14.7 Å². The molecule has 1 aromatic rings. The van der Waals surface area contributed by atoms with Crippen molar-refractivity contribution in [3.63, 3.8) is 0 Å². The Kier molecular flexibility index (Phi) is 4.00. The number of amides is 1. The monoisotopic (exact) mass is 313 g/mol.